The van der Waals surface area contributed by atoms with Crippen molar-refractivity contribution in [3.8, 4) is 0 Å². The zero-order valence-electron chi connectivity index (χ0n) is 12.5. The normalized spacial score (nSPS) is 11.4. The van der Waals surface area contributed by atoms with E-state index in [1.807, 2.05) is 0 Å². The van der Waals surface area contributed by atoms with Crippen LogP contribution < -0.4 is 5.32 Å². The molecule has 1 amide bonds. The maximum absolute atomic E-state index is 13.6. The summed E-state index contributed by atoms with van der Waals surface area (Å²) >= 11 is 12.5. The molecule has 0 aliphatic rings. The van der Waals surface area contributed by atoms with Gasteiger partial charge in [0.15, 0.2) is 0 Å². The van der Waals surface area contributed by atoms with E-state index in [-0.39, 0.29) is 27.8 Å². The molecule has 9 heteroatoms. The van der Waals surface area contributed by atoms with Gasteiger partial charge in [0, 0.05) is 22.0 Å². The first-order valence-electron chi connectivity index (χ1n) is 6.85. The molecule has 0 saturated carbocycles. The number of anilines is 1. The molecule has 0 unspecified atom stereocenters. The van der Waals surface area contributed by atoms with E-state index < -0.39 is 28.5 Å². The second kappa shape index (κ2) is 8.29. The SMILES string of the molecule is O=C(CSCc1c(F)cccc1Cl)Nc1ccc(Cl)c(C(F)(F)F)c1. The van der Waals surface area contributed by atoms with Gasteiger partial charge in [-0.3, -0.25) is 4.79 Å². The van der Waals surface area contributed by atoms with Crippen LogP contribution in [-0.4, -0.2) is 11.7 Å². The van der Waals surface area contributed by atoms with Crippen molar-refractivity contribution >= 4 is 46.6 Å². The smallest absolute Gasteiger partial charge is 0.325 e. The third kappa shape index (κ3) is 5.52. The van der Waals surface area contributed by atoms with Gasteiger partial charge in [-0.25, -0.2) is 4.39 Å². The molecule has 0 heterocycles. The molecule has 0 aromatic heterocycles. The molecule has 0 atom stereocenters. The topological polar surface area (TPSA) is 29.1 Å². The summed E-state index contributed by atoms with van der Waals surface area (Å²) < 4.78 is 51.9. The van der Waals surface area contributed by atoms with Crippen molar-refractivity contribution in [2.45, 2.75) is 11.9 Å². The first kappa shape index (κ1) is 19.9. The lowest BCUT2D eigenvalue weighted by molar-refractivity contribution is -0.137. The molecular weight excluding hydrogens is 401 g/mol. The number of carbonyl (C=O) groups excluding carboxylic acids is 1. The summed E-state index contributed by atoms with van der Waals surface area (Å²) in [5, 5.41) is 2.15. The van der Waals surface area contributed by atoms with Crippen molar-refractivity contribution in [1.82, 2.24) is 0 Å². The Labute approximate surface area is 155 Å². The van der Waals surface area contributed by atoms with Gasteiger partial charge in [-0.15, -0.1) is 11.8 Å². The Morgan fingerprint density at radius 3 is 2.48 bits per heavy atom. The molecule has 0 bridgehead atoms. The largest absolute Gasteiger partial charge is 0.417 e. The first-order chi connectivity index (χ1) is 11.7. The van der Waals surface area contributed by atoms with Crippen LogP contribution in [0, 0.1) is 5.82 Å². The van der Waals surface area contributed by atoms with Crippen LogP contribution in [0.4, 0.5) is 23.2 Å². The fourth-order valence-electron chi connectivity index (χ4n) is 1.93. The van der Waals surface area contributed by atoms with E-state index in [1.165, 1.54) is 24.3 Å². The first-order valence-corrected chi connectivity index (χ1v) is 8.77. The highest BCUT2D eigenvalue weighted by Crippen LogP contribution is 2.36. The lowest BCUT2D eigenvalue weighted by atomic mass is 10.2. The van der Waals surface area contributed by atoms with Crippen LogP contribution in [0.1, 0.15) is 11.1 Å². The summed E-state index contributed by atoms with van der Waals surface area (Å²) in [6, 6.07) is 7.36. The Kier molecular flexibility index (Phi) is 6.59. The zero-order valence-corrected chi connectivity index (χ0v) is 14.8. The fraction of sp³-hybridized carbons (Fsp3) is 0.188. The van der Waals surface area contributed by atoms with E-state index in [9.17, 15) is 22.4 Å². The number of hydrogen-bond donors (Lipinski definition) is 1. The Balaban J connectivity index is 1.95. The molecule has 25 heavy (non-hydrogen) atoms. The molecule has 1 N–H and O–H groups in total. The minimum absolute atomic E-state index is 0.0220. The van der Waals surface area contributed by atoms with Crippen LogP contribution >= 0.6 is 35.0 Å². The molecule has 0 radical (unpaired) electrons. The molecule has 0 aliphatic carbocycles. The number of thioether (sulfide) groups is 1. The van der Waals surface area contributed by atoms with Crippen LogP contribution in [-0.2, 0) is 16.7 Å². The molecule has 0 spiro atoms. The van der Waals surface area contributed by atoms with Crippen LogP contribution in [0.3, 0.4) is 0 Å². The number of nitrogens with one attached hydrogen (secondary N) is 1. The second-order valence-electron chi connectivity index (χ2n) is 4.93. The number of halogens is 6. The van der Waals surface area contributed by atoms with Gasteiger partial charge in [0.05, 0.1) is 16.3 Å². The van der Waals surface area contributed by atoms with E-state index in [4.69, 9.17) is 23.2 Å². The minimum atomic E-state index is -4.62. The van der Waals surface area contributed by atoms with Gasteiger partial charge in [0.2, 0.25) is 5.91 Å². The summed E-state index contributed by atoms with van der Waals surface area (Å²) in [5.41, 5.74) is -0.781. The van der Waals surface area contributed by atoms with E-state index >= 15 is 0 Å². The van der Waals surface area contributed by atoms with Crippen LogP contribution in [0.25, 0.3) is 0 Å². The Bertz CT molecular complexity index is 763. The third-order valence-corrected chi connectivity index (χ3v) is 4.74. The number of amides is 1. The van der Waals surface area contributed by atoms with E-state index in [0.29, 0.717) is 0 Å². The van der Waals surface area contributed by atoms with Crippen LogP contribution in [0.5, 0.6) is 0 Å². The highest BCUT2D eigenvalue weighted by atomic mass is 35.5. The maximum atomic E-state index is 13.6. The average Bonchev–Trinajstić information content (AvgIpc) is 2.51. The predicted molar refractivity (Wildman–Crippen MR) is 92.7 cm³/mol. The summed E-state index contributed by atoms with van der Waals surface area (Å²) in [6.45, 7) is 0. The number of benzene rings is 2. The molecule has 0 fully saturated rings. The van der Waals surface area contributed by atoms with Crippen LogP contribution in [0.2, 0.25) is 10.0 Å². The quantitative estimate of drug-likeness (QED) is 0.609. The van der Waals surface area contributed by atoms with E-state index in [1.54, 1.807) is 0 Å². The van der Waals surface area contributed by atoms with E-state index in [2.05, 4.69) is 5.32 Å². The molecule has 0 saturated heterocycles. The predicted octanol–water partition coefficient (Wildman–Crippen LogP) is 6.02. The summed E-state index contributed by atoms with van der Waals surface area (Å²) in [7, 11) is 0. The number of rotatable bonds is 5. The molecule has 2 aromatic carbocycles. The molecule has 2 nitrogen and oxygen atoms in total. The molecular formula is C16H11Cl2F4NOS. The highest BCUT2D eigenvalue weighted by molar-refractivity contribution is 7.99. The van der Waals surface area contributed by atoms with Crippen LogP contribution in [0.15, 0.2) is 36.4 Å². The molecule has 134 valence electrons. The van der Waals surface area contributed by atoms with E-state index in [0.717, 1.165) is 23.9 Å². The van der Waals surface area contributed by atoms with Crippen molar-refractivity contribution in [2.24, 2.45) is 0 Å². The van der Waals surface area contributed by atoms with Gasteiger partial charge in [0.25, 0.3) is 0 Å². The number of alkyl halides is 3. The lowest BCUT2D eigenvalue weighted by Gasteiger charge is -2.12. The van der Waals surface area contributed by atoms with Crippen molar-refractivity contribution in [3.05, 3.63) is 63.4 Å². The van der Waals surface area contributed by atoms with Gasteiger partial charge >= 0.3 is 6.18 Å². The van der Waals surface area contributed by atoms with Crippen molar-refractivity contribution in [2.75, 3.05) is 11.1 Å². The summed E-state index contributed by atoms with van der Waals surface area (Å²) in [4.78, 5) is 11.8. The van der Waals surface area contributed by atoms with Crippen molar-refractivity contribution < 1.29 is 22.4 Å². The second-order valence-corrected chi connectivity index (χ2v) is 6.73. The molecule has 2 rings (SSSR count). The third-order valence-electron chi connectivity index (χ3n) is 3.10. The molecule has 0 aliphatic heterocycles. The number of hydrogen-bond acceptors (Lipinski definition) is 2. The van der Waals surface area contributed by atoms with Gasteiger partial charge in [-0.05, 0) is 30.3 Å². The minimum Gasteiger partial charge on any atom is -0.325 e. The standard InChI is InChI=1S/C16H11Cl2F4NOS/c17-12-2-1-3-14(19)10(12)7-25-8-15(24)23-9-4-5-13(18)11(6-9)16(20,21)22/h1-6H,7-8H2,(H,23,24). The summed E-state index contributed by atoms with van der Waals surface area (Å²) in [6.07, 6.45) is -4.62. The van der Waals surface area contributed by atoms with Gasteiger partial charge in [-0.1, -0.05) is 29.3 Å². The van der Waals surface area contributed by atoms with Gasteiger partial charge in [-0.2, -0.15) is 13.2 Å². The Hall–Kier alpha value is -1.44. The monoisotopic (exact) mass is 411 g/mol. The highest BCUT2D eigenvalue weighted by Gasteiger charge is 2.33. The molecule has 2 aromatic rings. The Morgan fingerprint density at radius 2 is 1.84 bits per heavy atom. The van der Waals surface area contributed by atoms with Crippen molar-refractivity contribution in [1.29, 1.82) is 0 Å². The van der Waals surface area contributed by atoms with Gasteiger partial charge in [0.1, 0.15) is 5.82 Å². The lowest BCUT2D eigenvalue weighted by Crippen LogP contribution is -2.15. The summed E-state index contributed by atoms with van der Waals surface area (Å²) in [5.74, 6) is -0.914. The maximum Gasteiger partial charge on any atom is 0.417 e. The number of carbonyl (C=O) groups is 1. The van der Waals surface area contributed by atoms with Crippen molar-refractivity contribution in [3.63, 3.8) is 0 Å². The Morgan fingerprint density at radius 1 is 1.12 bits per heavy atom. The van der Waals surface area contributed by atoms with Gasteiger partial charge < -0.3 is 5.32 Å². The average molecular weight is 412 g/mol. The fourth-order valence-corrected chi connectivity index (χ4v) is 3.32. The zero-order chi connectivity index (χ0) is 18.6.